The van der Waals surface area contributed by atoms with Crippen LogP contribution in [0.3, 0.4) is 0 Å². The van der Waals surface area contributed by atoms with Crippen molar-refractivity contribution in [3.05, 3.63) is 29.6 Å². The minimum atomic E-state index is -1.04. The van der Waals surface area contributed by atoms with Gasteiger partial charge in [0.05, 0.1) is 12.6 Å². The van der Waals surface area contributed by atoms with Gasteiger partial charge in [0, 0.05) is 13.3 Å². The lowest BCUT2D eigenvalue weighted by Gasteiger charge is -2.09. The number of hydrogen-bond acceptors (Lipinski definition) is 4. The first-order valence-electron chi connectivity index (χ1n) is 4.09. The van der Waals surface area contributed by atoms with Gasteiger partial charge < -0.3 is 15.6 Å². The molecule has 3 N–H and O–H groups in total. The predicted octanol–water partition coefficient (Wildman–Crippen LogP) is 0.426. The molecule has 0 amide bonds. The largest absolute Gasteiger partial charge is 0.477 e. The number of methoxy groups -OCH3 is 1. The van der Waals surface area contributed by atoms with Gasteiger partial charge in [-0.3, -0.25) is 0 Å². The third-order valence-corrected chi connectivity index (χ3v) is 1.78. The highest BCUT2D eigenvalue weighted by molar-refractivity contribution is 5.85. The second-order valence-corrected chi connectivity index (χ2v) is 2.84. The minimum Gasteiger partial charge on any atom is -0.477 e. The lowest BCUT2D eigenvalue weighted by molar-refractivity contribution is 0.0690. The SMILES string of the molecule is COC[C@@H](N)c1ccc(C(=O)O)nc1. The van der Waals surface area contributed by atoms with E-state index in [0.717, 1.165) is 5.56 Å². The predicted molar refractivity (Wildman–Crippen MR) is 50.0 cm³/mol. The maximum Gasteiger partial charge on any atom is 0.354 e. The fourth-order valence-corrected chi connectivity index (χ4v) is 1.03. The molecule has 1 heterocycles. The summed E-state index contributed by atoms with van der Waals surface area (Å²) in [5.41, 5.74) is 6.49. The van der Waals surface area contributed by atoms with E-state index in [1.165, 1.54) is 12.3 Å². The molecule has 0 saturated heterocycles. The van der Waals surface area contributed by atoms with Crippen LogP contribution in [0.1, 0.15) is 22.1 Å². The highest BCUT2D eigenvalue weighted by atomic mass is 16.5. The van der Waals surface area contributed by atoms with Gasteiger partial charge in [-0.15, -0.1) is 0 Å². The number of hydrogen-bond donors (Lipinski definition) is 2. The summed E-state index contributed by atoms with van der Waals surface area (Å²) >= 11 is 0. The smallest absolute Gasteiger partial charge is 0.354 e. The lowest BCUT2D eigenvalue weighted by atomic mass is 10.1. The molecule has 0 radical (unpaired) electrons. The van der Waals surface area contributed by atoms with Gasteiger partial charge in [0.25, 0.3) is 0 Å². The van der Waals surface area contributed by atoms with Crippen LogP contribution in [0.25, 0.3) is 0 Å². The highest BCUT2D eigenvalue weighted by Crippen LogP contribution is 2.09. The van der Waals surface area contributed by atoms with Crippen molar-refractivity contribution in [2.45, 2.75) is 6.04 Å². The van der Waals surface area contributed by atoms with Crippen LogP contribution < -0.4 is 5.73 Å². The van der Waals surface area contributed by atoms with Gasteiger partial charge in [0.15, 0.2) is 0 Å². The maximum absolute atomic E-state index is 10.5. The summed E-state index contributed by atoms with van der Waals surface area (Å²) in [6, 6.07) is 2.79. The summed E-state index contributed by atoms with van der Waals surface area (Å²) in [4.78, 5) is 14.2. The number of carbonyl (C=O) groups is 1. The van der Waals surface area contributed by atoms with E-state index in [9.17, 15) is 4.79 Å². The van der Waals surface area contributed by atoms with Crippen molar-refractivity contribution < 1.29 is 14.6 Å². The van der Waals surface area contributed by atoms with Gasteiger partial charge in [0.1, 0.15) is 5.69 Å². The van der Waals surface area contributed by atoms with E-state index in [4.69, 9.17) is 15.6 Å². The number of nitrogens with zero attached hydrogens (tertiary/aromatic N) is 1. The Hall–Kier alpha value is -1.46. The topological polar surface area (TPSA) is 85.4 Å². The molecule has 0 aromatic carbocycles. The fourth-order valence-electron chi connectivity index (χ4n) is 1.03. The van der Waals surface area contributed by atoms with Crippen LogP contribution in [0.2, 0.25) is 0 Å². The van der Waals surface area contributed by atoms with Crippen LogP contribution in [-0.2, 0) is 4.74 Å². The highest BCUT2D eigenvalue weighted by Gasteiger charge is 2.08. The molecule has 0 aliphatic carbocycles. The summed E-state index contributed by atoms with van der Waals surface area (Å²) in [7, 11) is 1.55. The number of nitrogens with two attached hydrogens (primary N) is 1. The summed E-state index contributed by atoms with van der Waals surface area (Å²) < 4.78 is 4.87. The molecular formula is C9H12N2O3. The lowest BCUT2D eigenvalue weighted by Crippen LogP contribution is -2.16. The zero-order valence-electron chi connectivity index (χ0n) is 7.80. The average Bonchev–Trinajstić information content (AvgIpc) is 2.18. The van der Waals surface area contributed by atoms with Crippen molar-refractivity contribution in [3.8, 4) is 0 Å². The number of aromatic nitrogens is 1. The van der Waals surface area contributed by atoms with E-state index >= 15 is 0 Å². The number of carboxylic acids is 1. The quantitative estimate of drug-likeness (QED) is 0.729. The Morgan fingerprint density at radius 2 is 2.43 bits per heavy atom. The van der Waals surface area contributed by atoms with Crippen molar-refractivity contribution in [1.82, 2.24) is 4.98 Å². The molecule has 0 fully saturated rings. The summed E-state index contributed by atoms with van der Waals surface area (Å²) in [5.74, 6) is -1.04. The Morgan fingerprint density at radius 3 is 2.86 bits per heavy atom. The summed E-state index contributed by atoms with van der Waals surface area (Å²) in [6.07, 6.45) is 1.45. The van der Waals surface area contributed by atoms with Crippen LogP contribution in [0.15, 0.2) is 18.3 Å². The van der Waals surface area contributed by atoms with Crippen molar-refractivity contribution in [3.63, 3.8) is 0 Å². The molecule has 14 heavy (non-hydrogen) atoms. The molecule has 1 atom stereocenters. The average molecular weight is 196 g/mol. The maximum atomic E-state index is 10.5. The molecule has 1 rings (SSSR count). The Kier molecular flexibility index (Phi) is 3.55. The van der Waals surface area contributed by atoms with E-state index in [2.05, 4.69) is 4.98 Å². The van der Waals surface area contributed by atoms with E-state index in [1.54, 1.807) is 13.2 Å². The molecular weight excluding hydrogens is 184 g/mol. The molecule has 0 saturated carbocycles. The normalized spacial score (nSPS) is 12.4. The van der Waals surface area contributed by atoms with Crippen molar-refractivity contribution in [2.24, 2.45) is 5.73 Å². The van der Waals surface area contributed by atoms with Gasteiger partial charge in [-0.05, 0) is 11.6 Å². The van der Waals surface area contributed by atoms with Crippen molar-refractivity contribution in [2.75, 3.05) is 13.7 Å². The standard InChI is InChI=1S/C9H12N2O3/c1-14-5-7(10)6-2-3-8(9(12)13)11-4-6/h2-4,7H,5,10H2,1H3,(H,12,13)/t7-/m1/s1. The van der Waals surface area contributed by atoms with E-state index < -0.39 is 5.97 Å². The van der Waals surface area contributed by atoms with Gasteiger partial charge in [-0.25, -0.2) is 9.78 Å². The number of aromatic carboxylic acids is 1. The molecule has 0 aliphatic rings. The second kappa shape index (κ2) is 4.69. The Balaban J connectivity index is 2.77. The zero-order chi connectivity index (χ0) is 10.6. The first kappa shape index (κ1) is 10.6. The van der Waals surface area contributed by atoms with Gasteiger partial charge >= 0.3 is 5.97 Å². The molecule has 0 unspecified atom stereocenters. The van der Waals surface area contributed by atoms with E-state index in [1.807, 2.05) is 0 Å². The number of ether oxygens (including phenoxy) is 1. The summed E-state index contributed by atoms with van der Waals surface area (Å²) in [5, 5.41) is 8.60. The van der Waals surface area contributed by atoms with Crippen LogP contribution in [0, 0.1) is 0 Å². The first-order valence-corrected chi connectivity index (χ1v) is 4.09. The summed E-state index contributed by atoms with van der Waals surface area (Å²) in [6.45, 7) is 0.383. The second-order valence-electron chi connectivity index (χ2n) is 2.84. The first-order chi connectivity index (χ1) is 6.65. The molecule has 0 bridgehead atoms. The van der Waals surface area contributed by atoms with Crippen molar-refractivity contribution >= 4 is 5.97 Å². The molecule has 5 heteroatoms. The fraction of sp³-hybridized carbons (Fsp3) is 0.333. The Bertz CT molecular complexity index is 310. The van der Waals surface area contributed by atoms with Gasteiger partial charge in [-0.1, -0.05) is 6.07 Å². The number of rotatable bonds is 4. The van der Waals surface area contributed by atoms with Crippen LogP contribution in [0.4, 0.5) is 0 Å². The van der Waals surface area contributed by atoms with E-state index in [0.29, 0.717) is 6.61 Å². The van der Waals surface area contributed by atoms with Crippen LogP contribution in [0.5, 0.6) is 0 Å². The number of pyridine rings is 1. The van der Waals surface area contributed by atoms with Crippen LogP contribution >= 0.6 is 0 Å². The molecule has 76 valence electrons. The Morgan fingerprint density at radius 1 is 1.71 bits per heavy atom. The monoisotopic (exact) mass is 196 g/mol. The Labute approximate surface area is 81.5 Å². The molecule has 5 nitrogen and oxygen atoms in total. The number of carboxylic acid groups (broad SMARTS) is 1. The minimum absolute atomic E-state index is 0.0124. The molecule has 0 spiro atoms. The van der Waals surface area contributed by atoms with Crippen LogP contribution in [-0.4, -0.2) is 29.8 Å². The van der Waals surface area contributed by atoms with Gasteiger partial charge in [-0.2, -0.15) is 0 Å². The van der Waals surface area contributed by atoms with E-state index in [-0.39, 0.29) is 11.7 Å². The third-order valence-electron chi connectivity index (χ3n) is 1.78. The third kappa shape index (κ3) is 2.51. The van der Waals surface area contributed by atoms with Gasteiger partial charge in [0.2, 0.25) is 0 Å². The molecule has 0 aliphatic heterocycles. The van der Waals surface area contributed by atoms with Crippen molar-refractivity contribution in [1.29, 1.82) is 0 Å². The molecule has 1 aromatic heterocycles. The molecule has 1 aromatic rings. The zero-order valence-corrected chi connectivity index (χ0v) is 7.80.